The topological polar surface area (TPSA) is 0 Å². The average molecular weight is 657 g/mol. The van der Waals surface area contributed by atoms with Gasteiger partial charge in [0.05, 0.1) is 0 Å². The summed E-state index contributed by atoms with van der Waals surface area (Å²) >= 11 is 0. The highest BCUT2D eigenvalue weighted by Crippen LogP contribution is 2.55. The second-order valence-electron chi connectivity index (χ2n) is 14.0. The molecule has 10 aromatic rings. The zero-order valence-electron chi connectivity index (χ0n) is 28.5. The van der Waals surface area contributed by atoms with Crippen LogP contribution in [0.25, 0.3) is 110 Å². The number of fused-ring (bicyclic) bond motifs is 8. The minimum absolute atomic E-state index is 1.23. The summed E-state index contributed by atoms with van der Waals surface area (Å²) < 4.78 is 0. The average Bonchev–Trinajstić information content (AvgIpc) is 3.55. The molecule has 0 radical (unpaired) electrons. The molecule has 1 aliphatic rings. The minimum atomic E-state index is 1.23. The van der Waals surface area contributed by atoms with Crippen molar-refractivity contribution in [1.29, 1.82) is 0 Å². The van der Waals surface area contributed by atoms with Gasteiger partial charge in [0.25, 0.3) is 0 Å². The molecular weight excluding hydrogens is 625 g/mol. The van der Waals surface area contributed by atoms with Gasteiger partial charge in [0.1, 0.15) is 0 Å². The third-order valence-electron chi connectivity index (χ3n) is 11.2. The predicted molar refractivity (Wildman–Crippen MR) is 223 cm³/mol. The van der Waals surface area contributed by atoms with Gasteiger partial charge in [-0.1, -0.05) is 164 Å². The number of benzene rings is 10. The summed E-state index contributed by atoms with van der Waals surface area (Å²) in [6.45, 7) is 0. The lowest BCUT2D eigenvalue weighted by Gasteiger charge is -2.17. The zero-order valence-corrected chi connectivity index (χ0v) is 28.5. The molecule has 0 saturated heterocycles. The number of rotatable bonds is 4. The lowest BCUT2D eigenvalue weighted by Crippen LogP contribution is -1.90. The molecule has 0 aromatic heterocycles. The first-order chi connectivity index (χ1) is 25.8. The largest absolute Gasteiger partial charge is 0.0622 e. The van der Waals surface area contributed by atoms with Gasteiger partial charge < -0.3 is 0 Å². The Balaban J connectivity index is 1.26. The van der Waals surface area contributed by atoms with Crippen LogP contribution in [0.5, 0.6) is 0 Å². The van der Waals surface area contributed by atoms with Crippen LogP contribution in [0.1, 0.15) is 0 Å². The lowest BCUT2D eigenvalue weighted by atomic mass is 9.86. The fourth-order valence-electron chi connectivity index (χ4n) is 8.70. The van der Waals surface area contributed by atoms with Crippen LogP contribution < -0.4 is 0 Å². The molecule has 0 aliphatic heterocycles. The summed E-state index contributed by atoms with van der Waals surface area (Å²) in [5.74, 6) is 0. The van der Waals surface area contributed by atoms with Gasteiger partial charge in [-0.25, -0.2) is 0 Å². The van der Waals surface area contributed by atoms with Crippen LogP contribution in [-0.2, 0) is 0 Å². The van der Waals surface area contributed by atoms with E-state index in [2.05, 4.69) is 194 Å². The Labute approximate surface area is 302 Å². The molecular formula is C52H32. The van der Waals surface area contributed by atoms with E-state index >= 15 is 0 Å². The maximum absolute atomic E-state index is 2.49. The Morgan fingerprint density at radius 3 is 1.52 bits per heavy atom. The Kier molecular flexibility index (Phi) is 6.35. The quantitative estimate of drug-likeness (QED) is 0.165. The number of hydrogen-bond donors (Lipinski definition) is 0. The summed E-state index contributed by atoms with van der Waals surface area (Å²) in [5, 5.41) is 10.3. The summed E-state index contributed by atoms with van der Waals surface area (Å²) in [4.78, 5) is 0. The van der Waals surface area contributed by atoms with Gasteiger partial charge in [-0.15, -0.1) is 0 Å². The van der Waals surface area contributed by atoms with E-state index < -0.39 is 0 Å². The predicted octanol–water partition coefficient (Wildman–Crippen LogP) is 14.6. The lowest BCUT2D eigenvalue weighted by molar-refractivity contribution is 1.61. The second-order valence-corrected chi connectivity index (χ2v) is 14.0. The van der Waals surface area contributed by atoms with Crippen molar-refractivity contribution >= 4 is 43.1 Å². The summed E-state index contributed by atoms with van der Waals surface area (Å²) in [5.41, 5.74) is 15.2. The fourth-order valence-corrected chi connectivity index (χ4v) is 8.70. The molecule has 1 aliphatic carbocycles. The van der Waals surface area contributed by atoms with Crippen molar-refractivity contribution in [3.63, 3.8) is 0 Å². The van der Waals surface area contributed by atoms with E-state index in [1.807, 2.05) is 0 Å². The Hall–Kier alpha value is -6.76. The first-order valence-electron chi connectivity index (χ1n) is 18.1. The van der Waals surface area contributed by atoms with Crippen molar-refractivity contribution in [2.75, 3.05) is 0 Å². The molecule has 240 valence electrons. The van der Waals surface area contributed by atoms with E-state index in [-0.39, 0.29) is 0 Å². The Morgan fingerprint density at radius 2 is 0.769 bits per heavy atom. The minimum Gasteiger partial charge on any atom is -0.0622 e. The molecule has 0 nitrogen and oxygen atoms in total. The van der Waals surface area contributed by atoms with Crippen LogP contribution in [0.15, 0.2) is 194 Å². The molecule has 0 heterocycles. The van der Waals surface area contributed by atoms with E-state index in [1.165, 1.54) is 110 Å². The van der Waals surface area contributed by atoms with Crippen LogP contribution >= 0.6 is 0 Å². The van der Waals surface area contributed by atoms with Gasteiger partial charge in [-0.3, -0.25) is 0 Å². The molecule has 0 amide bonds. The van der Waals surface area contributed by atoms with Crippen molar-refractivity contribution in [2.24, 2.45) is 0 Å². The smallest absolute Gasteiger partial charge is 0.00137 e. The van der Waals surface area contributed by atoms with Crippen LogP contribution in [0.3, 0.4) is 0 Å². The van der Waals surface area contributed by atoms with Gasteiger partial charge in [0.15, 0.2) is 0 Å². The Bertz CT molecular complexity index is 3030. The molecule has 0 spiro atoms. The van der Waals surface area contributed by atoms with Gasteiger partial charge in [0.2, 0.25) is 0 Å². The van der Waals surface area contributed by atoms with Crippen molar-refractivity contribution in [2.45, 2.75) is 0 Å². The van der Waals surface area contributed by atoms with Crippen molar-refractivity contribution in [1.82, 2.24) is 0 Å². The molecule has 0 heteroatoms. The SMILES string of the molecule is c1ccc(-c2ccc3c(c2)-c2cc4c5ccc(-c6ccccc6)cc5c(-c5ccc6ccccc6c5)cc4c4ccc(-c5ccccc5)c-3c24)cc1. The third-order valence-corrected chi connectivity index (χ3v) is 11.2. The molecule has 0 saturated carbocycles. The van der Waals surface area contributed by atoms with E-state index in [0.29, 0.717) is 0 Å². The first kappa shape index (κ1) is 29.0. The van der Waals surface area contributed by atoms with E-state index in [9.17, 15) is 0 Å². The molecule has 0 bridgehead atoms. The Morgan fingerprint density at radius 1 is 0.212 bits per heavy atom. The maximum Gasteiger partial charge on any atom is -0.00137 e. The first-order valence-corrected chi connectivity index (χ1v) is 18.1. The highest BCUT2D eigenvalue weighted by atomic mass is 14.3. The standard InChI is InChI=1S/C52H32/c1-4-12-33(13-5-1)38-22-24-42-46(29-38)45(40-21-20-35-16-10-11-19-37(35)28-40)31-49-44-27-26-41(36-17-8-3-9-18-36)51-43-25-23-39(34-14-6-2-7-15-34)30-47(43)50(52(44)51)32-48(42)49/h1-32H. The van der Waals surface area contributed by atoms with Crippen LogP contribution in [-0.4, -0.2) is 0 Å². The van der Waals surface area contributed by atoms with E-state index in [1.54, 1.807) is 0 Å². The maximum atomic E-state index is 2.49. The van der Waals surface area contributed by atoms with Crippen LogP contribution in [0.4, 0.5) is 0 Å². The summed E-state index contributed by atoms with van der Waals surface area (Å²) in [6, 6.07) is 71.8. The summed E-state index contributed by atoms with van der Waals surface area (Å²) in [7, 11) is 0. The second kappa shape index (κ2) is 11.4. The normalized spacial score (nSPS) is 11.8. The van der Waals surface area contributed by atoms with Crippen molar-refractivity contribution in [3.05, 3.63) is 194 Å². The number of hydrogen-bond acceptors (Lipinski definition) is 0. The van der Waals surface area contributed by atoms with Crippen molar-refractivity contribution in [3.8, 4) is 66.8 Å². The van der Waals surface area contributed by atoms with Gasteiger partial charge in [-0.05, 0) is 140 Å². The highest BCUT2D eigenvalue weighted by Gasteiger charge is 2.27. The van der Waals surface area contributed by atoms with Crippen LogP contribution in [0, 0.1) is 0 Å². The van der Waals surface area contributed by atoms with Gasteiger partial charge in [-0.2, -0.15) is 0 Å². The van der Waals surface area contributed by atoms with Gasteiger partial charge in [0, 0.05) is 0 Å². The molecule has 0 N–H and O–H groups in total. The molecule has 52 heavy (non-hydrogen) atoms. The molecule has 0 fully saturated rings. The third kappa shape index (κ3) is 4.41. The molecule has 10 aromatic carbocycles. The summed E-state index contributed by atoms with van der Waals surface area (Å²) in [6.07, 6.45) is 0. The molecule has 11 rings (SSSR count). The van der Waals surface area contributed by atoms with Crippen LogP contribution in [0.2, 0.25) is 0 Å². The monoisotopic (exact) mass is 656 g/mol. The molecule has 0 atom stereocenters. The molecule has 0 unspecified atom stereocenters. The highest BCUT2D eigenvalue weighted by molar-refractivity contribution is 6.30. The van der Waals surface area contributed by atoms with Crippen molar-refractivity contribution < 1.29 is 0 Å². The van der Waals surface area contributed by atoms with E-state index in [0.717, 1.165) is 0 Å². The fraction of sp³-hybridized carbons (Fsp3) is 0. The van der Waals surface area contributed by atoms with E-state index in [4.69, 9.17) is 0 Å². The van der Waals surface area contributed by atoms with Gasteiger partial charge >= 0.3 is 0 Å². The zero-order chi connectivity index (χ0) is 34.2.